The van der Waals surface area contributed by atoms with Crippen molar-refractivity contribution in [1.82, 2.24) is 0 Å². The molecule has 0 saturated heterocycles. The van der Waals surface area contributed by atoms with Crippen LogP contribution in [0.3, 0.4) is 0 Å². The van der Waals surface area contributed by atoms with Crippen molar-refractivity contribution in [3.63, 3.8) is 0 Å². The van der Waals surface area contributed by atoms with Crippen molar-refractivity contribution in [3.05, 3.63) is 22.6 Å². The molecule has 0 bridgehead atoms. The molecule has 0 saturated carbocycles. The molecule has 0 atom stereocenters. The van der Waals surface area contributed by atoms with Crippen LogP contribution < -0.4 is 4.90 Å². The van der Waals surface area contributed by atoms with Crippen molar-refractivity contribution in [2.45, 2.75) is 25.9 Å². The van der Waals surface area contributed by atoms with Crippen molar-refractivity contribution in [1.29, 1.82) is 0 Å². The Bertz CT molecular complexity index is 690. The lowest BCUT2D eigenvalue weighted by Gasteiger charge is -2.18. The number of hydrogen-bond donors (Lipinski definition) is 0. The van der Waals surface area contributed by atoms with Crippen LogP contribution in [0.25, 0.3) is 6.08 Å². The van der Waals surface area contributed by atoms with Crippen LogP contribution in [-0.2, 0) is 9.63 Å². The maximum atomic E-state index is 13.5. The Hall–Kier alpha value is -1.97. The van der Waals surface area contributed by atoms with Gasteiger partial charge in [-0.3, -0.25) is 0 Å². The van der Waals surface area contributed by atoms with E-state index in [1.165, 1.54) is 6.07 Å². The highest BCUT2D eigenvalue weighted by Crippen LogP contribution is 2.41. The predicted molar refractivity (Wildman–Crippen MR) is 80.4 cm³/mol. The maximum Gasteiger partial charge on any atom is 0.459 e. The minimum Gasteiger partial charge on any atom is -0.364 e. The van der Waals surface area contributed by atoms with Gasteiger partial charge in [0, 0.05) is 18.0 Å². The summed E-state index contributed by atoms with van der Waals surface area (Å²) in [5, 5.41) is 3.43. The van der Waals surface area contributed by atoms with Crippen LogP contribution in [0.1, 0.15) is 18.7 Å². The van der Waals surface area contributed by atoms with Crippen molar-refractivity contribution >= 4 is 34.1 Å². The third kappa shape index (κ3) is 3.28. The van der Waals surface area contributed by atoms with Crippen LogP contribution in [0.15, 0.2) is 22.9 Å². The molecule has 0 fully saturated rings. The number of carbonyl (C=O) groups excluding carboxylic acids is 1. The predicted octanol–water partition coefficient (Wildman–Crippen LogP) is 4.09. The highest BCUT2D eigenvalue weighted by Gasteiger charge is 2.64. The van der Waals surface area contributed by atoms with Gasteiger partial charge in [-0.25, -0.2) is 4.79 Å². The second kappa shape index (κ2) is 6.50. The lowest BCUT2D eigenvalue weighted by atomic mass is 10.0. The van der Waals surface area contributed by atoms with E-state index in [1.807, 2.05) is 18.7 Å². The number of anilines is 1. The summed E-state index contributed by atoms with van der Waals surface area (Å²) in [7, 11) is 0. The van der Waals surface area contributed by atoms with Gasteiger partial charge in [0.15, 0.2) is 5.71 Å². The number of carbonyl (C=O) groups is 1. The summed E-state index contributed by atoms with van der Waals surface area (Å²) < 4.78 is 64.4. The Balaban J connectivity index is 2.37. The average molecular weight is 368 g/mol. The van der Waals surface area contributed by atoms with Gasteiger partial charge in [-0.2, -0.15) is 22.0 Å². The number of nitrogens with zero attached hydrogens (tertiary/aromatic N) is 2. The number of alkyl halides is 5. The third-order valence-corrected chi connectivity index (χ3v) is 4.42. The topological polar surface area (TPSA) is 41.9 Å². The van der Waals surface area contributed by atoms with Crippen molar-refractivity contribution in [2.24, 2.45) is 5.16 Å². The molecule has 132 valence electrons. The Morgan fingerprint density at radius 1 is 1.21 bits per heavy atom. The second-order valence-electron chi connectivity index (χ2n) is 4.80. The molecule has 0 aliphatic carbocycles. The van der Waals surface area contributed by atoms with Gasteiger partial charge in [-0.15, -0.1) is 11.3 Å². The summed E-state index contributed by atoms with van der Waals surface area (Å²) in [6.07, 6.45) is -4.94. The van der Waals surface area contributed by atoms with Crippen molar-refractivity contribution in [3.8, 4) is 0 Å². The molecule has 2 heterocycles. The van der Waals surface area contributed by atoms with Gasteiger partial charge in [-0.1, -0.05) is 5.16 Å². The van der Waals surface area contributed by atoms with Crippen LogP contribution in [0.4, 0.5) is 27.0 Å². The summed E-state index contributed by atoms with van der Waals surface area (Å²) in [5.74, 6) is -6.61. The highest BCUT2D eigenvalue weighted by molar-refractivity contribution is 7.17. The first-order valence-electron chi connectivity index (χ1n) is 6.93. The number of rotatable bonds is 5. The van der Waals surface area contributed by atoms with Gasteiger partial charge in [0.05, 0.1) is 10.6 Å². The third-order valence-electron chi connectivity index (χ3n) is 3.32. The molecule has 1 aliphatic heterocycles. The monoisotopic (exact) mass is 368 g/mol. The average Bonchev–Trinajstić information content (AvgIpc) is 3.08. The van der Waals surface area contributed by atoms with Crippen molar-refractivity contribution < 1.29 is 31.6 Å². The first-order chi connectivity index (χ1) is 11.1. The second-order valence-corrected chi connectivity index (χ2v) is 5.89. The van der Waals surface area contributed by atoms with E-state index in [1.54, 1.807) is 6.07 Å². The molecular weight excluding hydrogens is 355 g/mol. The summed E-state index contributed by atoms with van der Waals surface area (Å²) in [5.41, 5.74) is -2.62. The van der Waals surface area contributed by atoms with Gasteiger partial charge in [0.1, 0.15) is 0 Å². The zero-order valence-corrected chi connectivity index (χ0v) is 13.5. The Labute approximate surface area is 138 Å². The minimum atomic E-state index is -5.87. The number of thiophene rings is 1. The quantitative estimate of drug-likeness (QED) is 0.447. The Kier molecular flexibility index (Phi) is 4.97. The fraction of sp³-hybridized carbons (Fsp3) is 0.429. The fourth-order valence-electron chi connectivity index (χ4n) is 2.04. The van der Waals surface area contributed by atoms with E-state index in [2.05, 4.69) is 9.99 Å². The van der Waals surface area contributed by atoms with E-state index in [9.17, 15) is 26.7 Å². The molecular formula is C14H13F5N2O2S. The van der Waals surface area contributed by atoms with Gasteiger partial charge in [-0.05, 0) is 32.1 Å². The van der Waals surface area contributed by atoms with Gasteiger partial charge in [0.2, 0.25) is 0 Å². The minimum absolute atomic E-state index is 0.344. The van der Waals surface area contributed by atoms with E-state index in [0.717, 1.165) is 22.4 Å². The lowest BCUT2D eigenvalue weighted by molar-refractivity contribution is -0.249. The summed E-state index contributed by atoms with van der Waals surface area (Å²) in [4.78, 5) is 17.8. The van der Waals surface area contributed by atoms with E-state index in [4.69, 9.17) is 0 Å². The zero-order chi connectivity index (χ0) is 18.1. The molecule has 4 nitrogen and oxygen atoms in total. The maximum absolute atomic E-state index is 13.5. The smallest absolute Gasteiger partial charge is 0.364 e. The molecule has 0 radical (unpaired) electrons. The molecule has 0 N–H and O–H groups in total. The molecule has 10 heteroatoms. The molecule has 24 heavy (non-hydrogen) atoms. The molecule has 0 unspecified atom stereocenters. The summed E-state index contributed by atoms with van der Waals surface area (Å²) in [6, 6.07) is 3.23. The van der Waals surface area contributed by atoms with Crippen LogP contribution in [0.2, 0.25) is 0 Å². The van der Waals surface area contributed by atoms with Crippen LogP contribution in [0.5, 0.6) is 0 Å². The molecule has 1 aromatic heterocycles. The van der Waals surface area contributed by atoms with E-state index >= 15 is 0 Å². The number of oxime groups is 1. The first-order valence-corrected chi connectivity index (χ1v) is 7.74. The highest BCUT2D eigenvalue weighted by atomic mass is 32.1. The van der Waals surface area contributed by atoms with Crippen LogP contribution in [0, 0.1) is 0 Å². The molecule has 0 aromatic carbocycles. The van der Waals surface area contributed by atoms with Crippen molar-refractivity contribution in [2.75, 3.05) is 18.0 Å². The van der Waals surface area contributed by atoms with Crippen LogP contribution >= 0.6 is 11.3 Å². The number of halogens is 5. The Morgan fingerprint density at radius 3 is 2.38 bits per heavy atom. The zero-order valence-electron chi connectivity index (χ0n) is 12.7. The Morgan fingerprint density at radius 2 is 1.83 bits per heavy atom. The first kappa shape index (κ1) is 18.4. The largest absolute Gasteiger partial charge is 0.459 e. The van der Waals surface area contributed by atoms with E-state index < -0.39 is 29.4 Å². The normalized spacial score (nSPS) is 17.2. The van der Waals surface area contributed by atoms with E-state index in [0.29, 0.717) is 18.0 Å². The van der Waals surface area contributed by atoms with Gasteiger partial charge < -0.3 is 9.74 Å². The van der Waals surface area contributed by atoms with Gasteiger partial charge >= 0.3 is 18.1 Å². The molecule has 1 aromatic rings. The fourth-order valence-corrected chi connectivity index (χ4v) is 3.12. The lowest BCUT2D eigenvalue weighted by Crippen LogP contribution is -2.44. The molecule has 1 aliphatic rings. The van der Waals surface area contributed by atoms with E-state index in [-0.39, 0.29) is 0 Å². The number of hydrogen-bond acceptors (Lipinski definition) is 5. The molecule has 0 amide bonds. The molecule has 2 rings (SSSR count). The van der Waals surface area contributed by atoms with Crippen LogP contribution in [-0.4, -0.2) is 36.9 Å². The SMILES string of the molecule is CCN(CC)c1ccc(C=C2C(=O)ON=C2C(F)(F)C(F)(F)F)s1. The summed E-state index contributed by atoms with van der Waals surface area (Å²) >= 11 is 1.16. The summed E-state index contributed by atoms with van der Waals surface area (Å²) in [6.45, 7) is 5.25. The van der Waals surface area contributed by atoms with Gasteiger partial charge in [0.25, 0.3) is 0 Å². The standard InChI is InChI=1S/C14H13F5N2O2S/c1-3-21(4-2)10-6-5-8(24-10)7-9-11(20-23-12(9)22)13(15,16)14(17,18)19/h5-7H,3-4H2,1-2H3. The molecule has 0 spiro atoms.